The molecule has 1 aromatic heterocycles. The highest BCUT2D eigenvalue weighted by Crippen LogP contribution is 2.21. The van der Waals surface area contributed by atoms with Crippen molar-refractivity contribution in [3.05, 3.63) is 76.2 Å². The number of nitrogens with one attached hydrogen (secondary N) is 1. The maximum Gasteiger partial charge on any atom is 0.230 e. The van der Waals surface area contributed by atoms with E-state index in [0.29, 0.717) is 31.4 Å². The zero-order valence-corrected chi connectivity index (χ0v) is 16.8. The summed E-state index contributed by atoms with van der Waals surface area (Å²) in [4.78, 5) is 16.2. The number of amides is 1. The minimum atomic E-state index is -2.51. The molecule has 0 unspecified atom stereocenters. The molecule has 0 fully saturated rings. The summed E-state index contributed by atoms with van der Waals surface area (Å²) in [6, 6.07) is 6.18. The van der Waals surface area contributed by atoms with Crippen molar-refractivity contribution < 1.29 is 19.5 Å². The van der Waals surface area contributed by atoms with Gasteiger partial charge in [-0.25, -0.2) is 4.98 Å². The van der Waals surface area contributed by atoms with E-state index in [2.05, 4.69) is 10.3 Å². The second kappa shape index (κ2) is 10.2. The number of carbonyl (C=O) groups excluding carboxylic acids is 1. The molecule has 0 saturated carbocycles. The third-order valence-electron chi connectivity index (χ3n) is 4.21. The van der Waals surface area contributed by atoms with Crippen molar-refractivity contribution in [1.29, 1.82) is 0 Å². The fourth-order valence-electron chi connectivity index (χ4n) is 2.70. The minimum Gasteiger partial charge on any atom is -0.388 e. The molecular weight excluding hydrogens is 382 g/mol. The summed E-state index contributed by atoms with van der Waals surface area (Å²) in [5.74, 6) is -0.951. The van der Waals surface area contributed by atoms with E-state index in [0.717, 1.165) is 16.9 Å². The third kappa shape index (κ3) is 6.69. The lowest BCUT2D eigenvalue weighted by Gasteiger charge is -2.11. The summed E-state index contributed by atoms with van der Waals surface area (Å²) < 4.78 is 55.8. The summed E-state index contributed by atoms with van der Waals surface area (Å²) >= 11 is 0.797. The number of nitrogens with zero attached hydrogens (tertiary/aromatic N) is 1. The number of rotatable bonds is 9. The topological polar surface area (TPSA) is 88.2 Å². The summed E-state index contributed by atoms with van der Waals surface area (Å²) in [5.41, 5.74) is 6.83. The lowest BCUT2D eigenvalue weighted by molar-refractivity contribution is -0.115. The molecular formula is C23H27N3O2S. The fourth-order valence-corrected chi connectivity index (χ4v) is 3.13. The van der Waals surface area contributed by atoms with Crippen LogP contribution in [0.3, 0.4) is 0 Å². The van der Waals surface area contributed by atoms with Gasteiger partial charge in [0.2, 0.25) is 5.91 Å². The van der Waals surface area contributed by atoms with Crippen molar-refractivity contribution in [2.24, 2.45) is 0 Å². The van der Waals surface area contributed by atoms with Gasteiger partial charge in [-0.3, -0.25) is 4.79 Å². The Morgan fingerprint density at radius 1 is 1.28 bits per heavy atom. The molecule has 5 nitrogen and oxygen atoms in total. The minimum absolute atomic E-state index is 0.0185. The molecule has 6 heteroatoms. The van der Waals surface area contributed by atoms with Gasteiger partial charge < -0.3 is 16.2 Å². The van der Waals surface area contributed by atoms with E-state index in [1.54, 1.807) is 24.3 Å². The maximum absolute atomic E-state index is 12.5. The Morgan fingerprint density at radius 2 is 2.00 bits per heavy atom. The zero-order chi connectivity index (χ0) is 26.8. The van der Waals surface area contributed by atoms with Gasteiger partial charge in [0.1, 0.15) is 0 Å². The van der Waals surface area contributed by atoms with E-state index in [1.165, 1.54) is 6.92 Å². The van der Waals surface area contributed by atoms with Crippen molar-refractivity contribution in [2.45, 2.75) is 45.1 Å². The number of hydrogen-bond donors (Lipinski definition) is 3. The summed E-state index contributed by atoms with van der Waals surface area (Å²) in [6.07, 6.45) is -1.34. The quantitative estimate of drug-likeness (QED) is 0.443. The SMILES string of the molecule is [2H]c1sc(N)nc1C([2H])([2H])C(=O)Nc1ccc(CCCC[C@H](O)c2c([2H])c([2H])c(C)c([2H])c2[2H])cc1. The Bertz CT molecular complexity index is 1240. The number of carbonyl (C=O) groups is 1. The highest BCUT2D eigenvalue weighted by atomic mass is 32.1. The second-order valence-electron chi connectivity index (χ2n) is 6.58. The zero-order valence-electron chi connectivity index (χ0n) is 23.0. The van der Waals surface area contributed by atoms with Gasteiger partial charge in [0.25, 0.3) is 0 Å². The van der Waals surface area contributed by atoms with Crippen LogP contribution in [0, 0.1) is 6.92 Å². The van der Waals surface area contributed by atoms with Crippen molar-refractivity contribution in [3.8, 4) is 0 Å². The Morgan fingerprint density at radius 3 is 2.66 bits per heavy atom. The average molecular weight is 417 g/mol. The van der Waals surface area contributed by atoms with Gasteiger partial charge in [-0.2, -0.15) is 0 Å². The van der Waals surface area contributed by atoms with Crippen LogP contribution in [0.4, 0.5) is 10.8 Å². The van der Waals surface area contributed by atoms with Gasteiger partial charge in [-0.15, -0.1) is 11.3 Å². The largest absolute Gasteiger partial charge is 0.388 e. The fraction of sp³-hybridized carbons (Fsp3) is 0.304. The smallest absolute Gasteiger partial charge is 0.230 e. The molecule has 152 valence electrons. The van der Waals surface area contributed by atoms with Crippen LogP contribution in [-0.4, -0.2) is 16.0 Å². The van der Waals surface area contributed by atoms with Crippen LogP contribution >= 0.6 is 11.3 Å². The molecule has 3 rings (SSSR count). The first-order chi connectivity index (χ1) is 16.8. The number of thiazole rings is 1. The molecule has 3 aromatic rings. The average Bonchev–Trinajstić information content (AvgIpc) is 3.18. The first-order valence-electron chi connectivity index (χ1n) is 12.7. The number of aryl methyl sites for hydroxylation is 1. The molecule has 0 spiro atoms. The number of anilines is 2. The van der Waals surface area contributed by atoms with E-state index in [1.807, 2.05) is 0 Å². The Kier molecular flexibility index (Phi) is 4.74. The van der Waals surface area contributed by atoms with Crippen LogP contribution in [0.5, 0.6) is 0 Å². The van der Waals surface area contributed by atoms with E-state index < -0.39 is 18.4 Å². The molecule has 0 radical (unpaired) electrons. The number of hydrogen-bond acceptors (Lipinski definition) is 5. The predicted octanol–water partition coefficient (Wildman–Crippen LogP) is 4.66. The summed E-state index contributed by atoms with van der Waals surface area (Å²) in [5, 5.41) is 12.8. The van der Waals surface area contributed by atoms with Crippen molar-refractivity contribution in [2.75, 3.05) is 11.1 Å². The lowest BCUT2D eigenvalue weighted by atomic mass is 10.0. The van der Waals surface area contributed by atoms with Crippen molar-refractivity contribution >= 4 is 28.1 Å². The van der Waals surface area contributed by atoms with Gasteiger partial charge in [-0.05, 0) is 49.4 Å². The van der Waals surface area contributed by atoms with Crippen LogP contribution < -0.4 is 11.1 Å². The summed E-state index contributed by atoms with van der Waals surface area (Å²) in [6.45, 7) is 1.52. The Balaban J connectivity index is 1.54. The Labute approximate surface area is 185 Å². The molecule has 0 aliphatic rings. The molecule has 0 bridgehead atoms. The Hall–Kier alpha value is -2.70. The van der Waals surface area contributed by atoms with E-state index in [4.69, 9.17) is 15.3 Å². The molecule has 29 heavy (non-hydrogen) atoms. The highest BCUT2D eigenvalue weighted by molar-refractivity contribution is 7.13. The number of aliphatic hydroxyl groups is 1. The maximum atomic E-state index is 12.5. The number of benzene rings is 2. The van der Waals surface area contributed by atoms with Gasteiger partial charge in [0, 0.05) is 13.8 Å². The number of nitrogen functional groups attached to an aromatic ring is 1. The molecule has 1 amide bonds. The standard InChI is InChI=1S/C23H27N3O2S/c1-16-6-10-18(11-7-16)21(27)5-3-2-4-17-8-12-19(13-9-17)25-22(28)14-20-15-29-23(24)26-20/h6-13,15,21,27H,2-5,14H2,1H3,(H2,24,26)(H,25,28)/t21-/m0/s1/i6D,7D,10D,11D,14D2,15D. The number of unbranched alkanes of at least 4 members (excludes halogenated alkanes) is 1. The van der Waals surface area contributed by atoms with Crippen LogP contribution in [0.25, 0.3) is 0 Å². The van der Waals surface area contributed by atoms with E-state index in [9.17, 15) is 9.90 Å². The normalized spacial score (nSPS) is 15.9. The van der Waals surface area contributed by atoms with Crippen LogP contribution in [0.1, 0.15) is 57.3 Å². The predicted molar refractivity (Wildman–Crippen MR) is 119 cm³/mol. The van der Waals surface area contributed by atoms with Crippen LogP contribution in [0.2, 0.25) is 0 Å². The molecule has 0 aliphatic carbocycles. The molecule has 1 heterocycles. The van der Waals surface area contributed by atoms with Crippen molar-refractivity contribution in [3.63, 3.8) is 0 Å². The first-order valence-corrected chi connectivity index (χ1v) is 10.0. The van der Waals surface area contributed by atoms with Crippen molar-refractivity contribution in [1.82, 2.24) is 4.98 Å². The molecule has 0 aliphatic heterocycles. The van der Waals surface area contributed by atoms with Crippen LogP contribution in [-0.2, 0) is 17.6 Å². The molecule has 2 aromatic carbocycles. The van der Waals surface area contributed by atoms with Gasteiger partial charge in [-0.1, -0.05) is 48.3 Å². The monoisotopic (exact) mass is 416 g/mol. The molecule has 1 atom stereocenters. The van der Waals surface area contributed by atoms with E-state index in [-0.39, 0.29) is 51.5 Å². The number of aliphatic hydroxyl groups excluding tert-OH is 1. The van der Waals surface area contributed by atoms with Gasteiger partial charge in [0.05, 0.1) is 25.0 Å². The highest BCUT2D eigenvalue weighted by Gasteiger charge is 2.08. The van der Waals surface area contributed by atoms with E-state index >= 15 is 0 Å². The molecule has 4 N–H and O–H groups in total. The number of nitrogens with two attached hydrogens (primary N) is 1. The van der Waals surface area contributed by atoms with Crippen LogP contribution in [0.15, 0.2) is 53.8 Å². The molecule has 0 saturated heterocycles. The third-order valence-corrected chi connectivity index (χ3v) is 4.81. The first kappa shape index (κ1) is 13.5. The second-order valence-corrected chi connectivity index (χ2v) is 7.41. The lowest BCUT2D eigenvalue weighted by Crippen LogP contribution is -2.14. The summed E-state index contributed by atoms with van der Waals surface area (Å²) in [7, 11) is 0. The number of aromatic nitrogens is 1. The van der Waals surface area contributed by atoms with Gasteiger partial charge in [0.15, 0.2) is 5.13 Å². The van der Waals surface area contributed by atoms with Gasteiger partial charge >= 0.3 is 0 Å².